The van der Waals surface area contributed by atoms with Gasteiger partial charge in [0.1, 0.15) is 0 Å². The van der Waals surface area contributed by atoms with E-state index >= 15 is 0 Å². The molecule has 2 nitrogen and oxygen atoms in total. The molecule has 2 heteroatoms. The molecule has 2 heterocycles. The van der Waals surface area contributed by atoms with E-state index in [4.69, 9.17) is 0 Å². The van der Waals surface area contributed by atoms with Gasteiger partial charge < -0.3 is 10.6 Å². The van der Waals surface area contributed by atoms with Crippen LogP contribution in [0.1, 0.15) is 32.1 Å². The molecular weight excluding hydrogens is 172 g/mol. The van der Waals surface area contributed by atoms with Crippen LogP contribution in [-0.4, -0.2) is 25.7 Å². The molecule has 2 saturated heterocycles. The first-order chi connectivity index (χ1) is 6.95. The fraction of sp³-hybridized carbons (Fsp3) is 1.00. The number of hydrogen-bond acceptors (Lipinski definition) is 2. The average molecular weight is 194 g/mol. The minimum absolute atomic E-state index is 0.857. The van der Waals surface area contributed by atoms with Crippen molar-refractivity contribution in [2.24, 2.45) is 17.8 Å². The number of fused-ring (bicyclic) bond motifs is 1. The van der Waals surface area contributed by atoms with Gasteiger partial charge in [-0.2, -0.15) is 0 Å². The average Bonchev–Trinajstić information content (AvgIpc) is 2.79. The van der Waals surface area contributed by atoms with Gasteiger partial charge >= 0.3 is 0 Å². The van der Waals surface area contributed by atoms with Gasteiger partial charge in [-0.15, -0.1) is 0 Å². The van der Waals surface area contributed by atoms with Gasteiger partial charge in [-0.25, -0.2) is 0 Å². The lowest BCUT2D eigenvalue weighted by atomic mass is 9.78. The van der Waals surface area contributed by atoms with Crippen LogP contribution >= 0.6 is 0 Å². The van der Waals surface area contributed by atoms with Crippen LogP contribution in [0.4, 0.5) is 0 Å². The van der Waals surface area contributed by atoms with E-state index in [2.05, 4.69) is 10.6 Å². The molecule has 3 rings (SSSR count). The number of hydrogen-bond donors (Lipinski definition) is 2. The van der Waals surface area contributed by atoms with E-state index in [0.717, 1.165) is 23.8 Å². The Bertz CT molecular complexity index is 198. The van der Waals surface area contributed by atoms with Crippen molar-refractivity contribution in [3.8, 4) is 0 Å². The summed E-state index contributed by atoms with van der Waals surface area (Å²) in [5.41, 5.74) is 0. The Hall–Kier alpha value is -0.0800. The van der Waals surface area contributed by atoms with Crippen molar-refractivity contribution in [2.45, 2.75) is 38.1 Å². The molecule has 14 heavy (non-hydrogen) atoms. The molecule has 0 spiro atoms. The molecule has 2 N–H and O–H groups in total. The van der Waals surface area contributed by atoms with Crippen molar-refractivity contribution in [2.75, 3.05) is 19.6 Å². The first kappa shape index (κ1) is 9.17. The smallest absolute Gasteiger partial charge is 0.0139 e. The molecule has 0 aromatic carbocycles. The van der Waals surface area contributed by atoms with Gasteiger partial charge in [-0.1, -0.05) is 19.3 Å². The Kier molecular flexibility index (Phi) is 2.50. The van der Waals surface area contributed by atoms with Crippen LogP contribution in [0.15, 0.2) is 0 Å². The summed E-state index contributed by atoms with van der Waals surface area (Å²) >= 11 is 0. The highest BCUT2D eigenvalue weighted by Gasteiger charge is 2.42. The Labute approximate surface area is 86.8 Å². The minimum atomic E-state index is 0.857. The highest BCUT2D eigenvalue weighted by Crippen LogP contribution is 2.36. The Morgan fingerprint density at radius 2 is 1.64 bits per heavy atom. The number of nitrogens with one attached hydrogen (secondary N) is 2. The van der Waals surface area contributed by atoms with Gasteiger partial charge in [-0.05, 0) is 50.2 Å². The predicted molar refractivity (Wildman–Crippen MR) is 58.2 cm³/mol. The molecule has 1 saturated carbocycles. The van der Waals surface area contributed by atoms with E-state index in [0.29, 0.717) is 0 Å². The van der Waals surface area contributed by atoms with Crippen molar-refractivity contribution < 1.29 is 0 Å². The molecule has 3 unspecified atom stereocenters. The lowest BCUT2D eigenvalue weighted by molar-refractivity contribution is 0.245. The summed E-state index contributed by atoms with van der Waals surface area (Å²) in [7, 11) is 0. The summed E-state index contributed by atoms with van der Waals surface area (Å²) in [6, 6.07) is 0.857. The molecule has 3 fully saturated rings. The molecule has 80 valence electrons. The van der Waals surface area contributed by atoms with Gasteiger partial charge in [0, 0.05) is 6.04 Å². The quantitative estimate of drug-likeness (QED) is 0.659. The second kappa shape index (κ2) is 3.82. The third-order valence-corrected chi connectivity index (χ3v) is 4.63. The van der Waals surface area contributed by atoms with Crippen LogP contribution in [-0.2, 0) is 0 Å². The van der Waals surface area contributed by atoms with Crippen LogP contribution < -0.4 is 10.6 Å². The molecule has 0 bridgehead atoms. The zero-order chi connectivity index (χ0) is 9.38. The first-order valence-corrected chi connectivity index (χ1v) is 6.39. The molecule has 1 aliphatic carbocycles. The summed E-state index contributed by atoms with van der Waals surface area (Å²) in [5.74, 6) is 2.90. The normalized spacial score (nSPS) is 44.1. The fourth-order valence-corrected chi connectivity index (χ4v) is 3.85. The molecule has 3 aliphatic rings. The Morgan fingerprint density at radius 1 is 0.786 bits per heavy atom. The molecule has 0 amide bonds. The van der Waals surface area contributed by atoms with Gasteiger partial charge in [0.25, 0.3) is 0 Å². The lowest BCUT2D eigenvalue weighted by Crippen LogP contribution is -2.38. The predicted octanol–water partition coefficient (Wildman–Crippen LogP) is 1.37. The van der Waals surface area contributed by atoms with Crippen molar-refractivity contribution in [1.82, 2.24) is 10.6 Å². The largest absolute Gasteiger partial charge is 0.316 e. The highest BCUT2D eigenvalue weighted by atomic mass is 15.1. The molecule has 0 aromatic rings. The topological polar surface area (TPSA) is 24.1 Å². The van der Waals surface area contributed by atoms with E-state index in [9.17, 15) is 0 Å². The van der Waals surface area contributed by atoms with E-state index in [1.165, 1.54) is 51.7 Å². The Balaban J connectivity index is 1.66. The van der Waals surface area contributed by atoms with Crippen molar-refractivity contribution in [3.05, 3.63) is 0 Å². The third kappa shape index (κ3) is 1.49. The van der Waals surface area contributed by atoms with Gasteiger partial charge in [-0.3, -0.25) is 0 Å². The second-order valence-corrected chi connectivity index (χ2v) is 5.41. The maximum absolute atomic E-state index is 3.79. The molecule has 0 radical (unpaired) electrons. The van der Waals surface area contributed by atoms with Gasteiger partial charge in [0.05, 0.1) is 0 Å². The molecule has 2 aliphatic heterocycles. The van der Waals surface area contributed by atoms with Crippen molar-refractivity contribution in [3.63, 3.8) is 0 Å². The SMILES string of the molecule is C1CCC(C2NCC3CNCC32)CC1. The summed E-state index contributed by atoms with van der Waals surface area (Å²) in [4.78, 5) is 0. The van der Waals surface area contributed by atoms with Crippen LogP contribution in [0, 0.1) is 17.8 Å². The van der Waals surface area contributed by atoms with Gasteiger partial charge in [0.15, 0.2) is 0 Å². The maximum atomic E-state index is 3.79. The summed E-state index contributed by atoms with van der Waals surface area (Å²) in [6.07, 6.45) is 7.42. The van der Waals surface area contributed by atoms with Gasteiger partial charge in [0.2, 0.25) is 0 Å². The van der Waals surface area contributed by atoms with Crippen LogP contribution in [0.2, 0.25) is 0 Å². The summed E-state index contributed by atoms with van der Waals surface area (Å²) in [5, 5.41) is 7.34. The van der Waals surface area contributed by atoms with Crippen LogP contribution in [0.3, 0.4) is 0 Å². The van der Waals surface area contributed by atoms with E-state index < -0.39 is 0 Å². The molecule has 0 aromatic heterocycles. The maximum Gasteiger partial charge on any atom is 0.0139 e. The monoisotopic (exact) mass is 194 g/mol. The fourth-order valence-electron chi connectivity index (χ4n) is 3.85. The van der Waals surface area contributed by atoms with E-state index in [1.54, 1.807) is 0 Å². The minimum Gasteiger partial charge on any atom is -0.316 e. The standard InChI is InChI=1S/C12H22N2/c1-2-4-9(5-3-1)12-11-8-13-6-10(11)7-14-12/h9-14H,1-8H2. The lowest BCUT2D eigenvalue weighted by Gasteiger charge is -2.31. The zero-order valence-corrected chi connectivity index (χ0v) is 8.97. The third-order valence-electron chi connectivity index (χ3n) is 4.63. The molecular formula is C12H22N2. The molecule has 3 atom stereocenters. The van der Waals surface area contributed by atoms with E-state index in [1.807, 2.05) is 0 Å². The Morgan fingerprint density at radius 3 is 2.50 bits per heavy atom. The van der Waals surface area contributed by atoms with E-state index in [-0.39, 0.29) is 0 Å². The summed E-state index contributed by atoms with van der Waals surface area (Å²) in [6.45, 7) is 3.82. The van der Waals surface area contributed by atoms with Crippen molar-refractivity contribution in [1.29, 1.82) is 0 Å². The number of rotatable bonds is 1. The first-order valence-electron chi connectivity index (χ1n) is 6.39. The summed E-state index contributed by atoms with van der Waals surface area (Å²) < 4.78 is 0. The second-order valence-electron chi connectivity index (χ2n) is 5.41. The highest BCUT2D eigenvalue weighted by molar-refractivity contribution is 4.99. The van der Waals surface area contributed by atoms with Crippen molar-refractivity contribution >= 4 is 0 Å². The van der Waals surface area contributed by atoms with Crippen LogP contribution in [0.25, 0.3) is 0 Å². The zero-order valence-electron chi connectivity index (χ0n) is 8.97. The van der Waals surface area contributed by atoms with Crippen LogP contribution in [0.5, 0.6) is 0 Å².